The number of aromatic nitrogens is 1. The van der Waals surface area contributed by atoms with Crippen molar-refractivity contribution in [2.24, 2.45) is 0 Å². The summed E-state index contributed by atoms with van der Waals surface area (Å²) in [6, 6.07) is 3.09. The molecule has 2 atom stereocenters. The molecular weight excluding hydrogens is 411 g/mol. The topological polar surface area (TPSA) is 59.5 Å². The number of likely N-dealkylation sites (N-methyl/N-ethyl adjacent to an activating group) is 1. The molecule has 0 unspecified atom stereocenters. The minimum absolute atomic E-state index is 0.00609. The second-order valence-corrected chi connectivity index (χ2v) is 11.2. The SMILES string of the molecule is CN(C)[C@H]1CCCC[C@@H]1Oc1cc(F)c(S(=O)(=O)Cc2nccs2)cc1C1CC1. The number of hydrogen-bond acceptors (Lipinski definition) is 6. The van der Waals surface area contributed by atoms with Crippen molar-refractivity contribution in [2.45, 2.75) is 67.2 Å². The molecule has 4 rings (SSSR count). The van der Waals surface area contributed by atoms with Gasteiger partial charge in [0.2, 0.25) is 0 Å². The van der Waals surface area contributed by atoms with E-state index in [0.29, 0.717) is 10.8 Å². The van der Waals surface area contributed by atoms with Crippen molar-refractivity contribution in [2.75, 3.05) is 14.1 Å². The molecular formula is C21H27FN2O3S2. The first kappa shape index (κ1) is 20.8. The average molecular weight is 439 g/mol. The highest BCUT2D eigenvalue weighted by molar-refractivity contribution is 7.90. The standard InChI is InChI=1S/C21H27FN2O3S2/c1-24(2)17-5-3-4-6-18(17)27-19-12-16(22)20(11-15(19)14-7-8-14)29(25,26)13-21-23-9-10-28-21/h9-12,14,17-18H,3-8,13H2,1-2H3/t17-,18-/m0/s1. The molecule has 2 aliphatic rings. The van der Waals surface area contributed by atoms with Gasteiger partial charge in [-0.1, -0.05) is 6.42 Å². The Morgan fingerprint density at radius 3 is 2.62 bits per heavy atom. The number of benzene rings is 1. The van der Waals surface area contributed by atoms with Gasteiger partial charge in [0.15, 0.2) is 9.84 Å². The van der Waals surface area contributed by atoms with E-state index in [1.54, 1.807) is 11.6 Å². The van der Waals surface area contributed by atoms with Crippen molar-refractivity contribution >= 4 is 21.2 Å². The summed E-state index contributed by atoms with van der Waals surface area (Å²) in [4.78, 5) is 5.96. The molecule has 0 radical (unpaired) electrons. The maximum Gasteiger partial charge on any atom is 0.187 e. The van der Waals surface area contributed by atoms with Crippen molar-refractivity contribution in [3.63, 3.8) is 0 Å². The van der Waals surface area contributed by atoms with Crippen LogP contribution < -0.4 is 4.74 Å². The number of thiazole rings is 1. The molecule has 1 aromatic heterocycles. The lowest BCUT2D eigenvalue weighted by Gasteiger charge is -2.36. The van der Waals surface area contributed by atoms with Gasteiger partial charge in [-0.25, -0.2) is 17.8 Å². The monoisotopic (exact) mass is 438 g/mol. The largest absolute Gasteiger partial charge is 0.488 e. The zero-order valence-electron chi connectivity index (χ0n) is 16.8. The van der Waals surface area contributed by atoms with Gasteiger partial charge < -0.3 is 9.64 Å². The fraction of sp³-hybridized carbons (Fsp3) is 0.571. The summed E-state index contributed by atoms with van der Waals surface area (Å²) in [5.41, 5.74) is 0.826. The highest BCUT2D eigenvalue weighted by atomic mass is 32.2. The predicted molar refractivity (Wildman–Crippen MR) is 112 cm³/mol. The molecule has 158 valence electrons. The van der Waals surface area contributed by atoms with E-state index in [1.807, 2.05) is 14.1 Å². The van der Waals surface area contributed by atoms with Crippen LogP contribution in [0.25, 0.3) is 0 Å². The van der Waals surface area contributed by atoms with Gasteiger partial charge in [-0.2, -0.15) is 0 Å². The molecule has 29 heavy (non-hydrogen) atoms. The first-order chi connectivity index (χ1) is 13.8. The highest BCUT2D eigenvalue weighted by Crippen LogP contribution is 2.46. The van der Waals surface area contributed by atoms with E-state index in [0.717, 1.165) is 37.7 Å². The van der Waals surface area contributed by atoms with Gasteiger partial charge in [0, 0.05) is 23.7 Å². The maximum absolute atomic E-state index is 15.0. The summed E-state index contributed by atoms with van der Waals surface area (Å²) in [6.45, 7) is 0. The molecule has 0 amide bonds. The van der Waals surface area contributed by atoms with E-state index >= 15 is 0 Å². The molecule has 2 aromatic rings. The van der Waals surface area contributed by atoms with E-state index < -0.39 is 15.7 Å². The highest BCUT2D eigenvalue weighted by Gasteiger charge is 2.34. The lowest BCUT2D eigenvalue weighted by molar-refractivity contribution is 0.0612. The summed E-state index contributed by atoms with van der Waals surface area (Å²) in [5.74, 6) is -0.257. The predicted octanol–water partition coefficient (Wildman–Crippen LogP) is 4.39. The molecule has 0 saturated heterocycles. The van der Waals surface area contributed by atoms with Crippen LogP contribution >= 0.6 is 11.3 Å². The smallest absolute Gasteiger partial charge is 0.187 e. The van der Waals surface area contributed by atoms with Crippen molar-refractivity contribution in [3.8, 4) is 5.75 Å². The summed E-state index contributed by atoms with van der Waals surface area (Å²) in [5, 5.41) is 2.19. The van der Waals surface area contributed by atoms with Crippen LogP contribution in [0.1, 0.15) is 55.0 Å². The molecule has 2 saturated carbocycles. The molecule has 1 aromatic carbocycles. The van der Waals surface area contributed by atoms with Gasteiger partial charge in [-0.15, -0.1) is 11.3 Å². The fourth-order valence-electron chi connectivity index (χ4n) is 4.14. The van der Waals surface area contributed by atoms with Crippen molar-refractivity contribution in [1.29, 1.82) is 0 Å². The lowest BCUT2D eigenvalue weighted by atomic mass is 9.91. The fourth-order valence-corrected chi connectivity index (χ4v) is 6.49. The van der Waals surface area contributed by atoms with Crippen LogP contribution in [0.2, 0.25) is 0 Å². The molecule has 0 spiro atoms. The Hall–Kier alpha value is -1.51. The number of nitrogens with zero attached hydrogens (tertiary/aromatic N) is 2. The van der Waals surface area contributed by atoms with Crippen LogP contribution in [0.15, 0.2) is 28.6 Å². The molecule has 2 fully saturated rings. The zero-order valence-corrected chi connectivity index (χ0v) is 18.4. The summed E-state index contributed by atoms with van der Waals surface area (Å²) in [7, 11) is 0.282. The van der Waals surface area contributed by atoms with Crippen LogP contribution in [0.3, 0.4) is 0 Å². The van der Waals surface area contributed by atoms with Gasteiger partial charge in [0.25, 0.3) is 0 Å². The third-order valence-corrected chi connectivity index (χ3v) is 8.42. The summed E-state index contributed by atoms with van der Waals surface area (Å²) in [6.07, 6.45) is 7.76. The lowest BCUT2D eigenvalue weighted by Crippen LogP contribution is -2.44. The Kier molecular flexibility index (Phi) is 5.95. The Morgan fingerprint density at radius 1 is 1.21 bits per heavy atom. The van der Waals surface area contributed by atoms with E-state index in [1.165, 1.54) is 29.9 Å². The van der Waals surface area contributed by atoms with Crippen LogP contribution in [0.5, 0.6) is 5.75 Å². The van der Waals surface area contributed by atoms with Crippen LogP contribution in [-0.2, 0) is 15.6 Å². The van der Waals surface area contributed by atoms with Crippen molar-refractivity contribution < 1.29 is 17.5 Å². The molecule has 0 bridgehead atoms. The third kappa shape index (κ3) is 4.64. The third-order valence-electron chi connectivity index (χ3n) is 5.82. The van der Waals surface area contributed by atoms with E-state index in [-0.39, 0.29) is 28.7 Å². The average Bonchev–Trinajstić information content (AvgIpc) is 3.38. The number of halogens is 1. The van der Waals surface area contributed by atoms with E-state index in [4.69, 9.17) is 4.74 Å². The number of sulfone groups is 1. The second-order valence-electron chi connectivity index (χ2n) is 8.25. The Bertz CT molecular complexity index is 957. The van der Waals surface area contributed by atoms with E-state index in [2.05, 4.69) is 9.88 Å². The summed E-state index contributed by atoms with van der Waals surface area (Å²) < 4.78 is 47.0. The first-order valence-corrected chi connectivity index (χ1v) is 12.7. The molecule has 0 aliphatic heterocycles. The molecule has 8 heteroatoms. The van der Waals surface area contributed by atoms with Crippen LogP contribution in [0, 0.1) is 5.82 Å². The van der Waals surface area contributed by atoms with E-state index in [9.17, 15) is 12.8 Å². The minimum Gasteiger partial charge on any atom is -0.488 e. The zero-order chi connectivity index (χ0) is 20.6. The summed E-state index contributed by atoms with van der Waals surface area (Å²) >= 11 is 1.26. The van der Waals surface area contributed by atoms with Gasteiger partial charge in [0.05, 0.1) is 0 Å². The Morgan fingerprint density at radius 2 is 1.97 bits per heavy atom. The van der Waals surface area contributed by atoms with Crippen LogP contribution in [0.4, 0.5) is 4.39 Å². The number of hydrogen-bond donors (Lipinski definition) is 0. The van der Waals surface area contributed by atoms with Crippen molar-refractivity contribution in [1.82, 2.24) is 9.88 Å². The Balaban J connectivity index is 1.65. The first-order valence-electron chi connectivity index (χ1n) is 10.1. The van der Waals surface area contributed by atoms with Gasteiger partial charge >= 0.3 is 0 Å². The maximum atomic E-state index is 15.0. The van der Waals surface area contributed by atoms with Crippen molar-refractivity contribution in [3.05, 3.63) is 40.1 Å². The molecule has 2 aliphatic carbocycles. The number of rotatable bonds is 7. The number of ether oxygens (including phenoxy) is 1. The Labute approximate surface area is 175 Å². The molecule has 1 heterocycles. The molecule has 0 N–H and O–H groups in total. The quantitative estimate of drug-likeness (QED) is 0.642. The minimum atomic E-state index is -3.81. The van der Waals surface area contributed by atoms with Gasteiger partial charge in [0.1, 0.15) is 33.3 Å². The second kappa shape index (κ2) is 8.32. The van der Waals surface area contributed by atoms with Gasteiger partial charge in [-0.05, 0) is 63.7 Å². The molecule has 5 nitrogen and oxygen atoms in total. The van der Waals surface area contributed by atoms with Gasteiger partial charge in [-0.3, -0.25) is 0 Å². The normalized spacial score (nSPS) is 22.8. The van der Waals surface area contributed by atoms with Crippen LogP contribution in [-0.4, -0.2) is 44.5 Å².